The van der Waals surface area contributed by atoms with Crippen molar-refractivity contribution in [3.05, 3.63) is 35.4 Å². The number of carbonyl (C=O) groups excluding carboxylic acids is 2. The summed E-state index contributed by atoms with van der Waals surface area (Å²) in [5.41, 5.74) is -0.603. The monoisotopic (exact) mass is 371 g/mol. The van der Waals surface area contributed by atoms with E-state index in [0.29, 0.717) is 0 Å². The topological polar surface area (TPSA) is 46.6 Å². The quantitative estimate of drug-likeness (QED) is 0.460. The first-order valence-corrected chi connectivity index (χ1v) is 7.08. The lowest BCUT2D eigenvalue weighted by molar-refractivity contribution is -0.189. The normalized spacial score (nSPS) is 13.3. The summed E-state index contributed by atoms with van der Waals surface area (Å²) in [4.78, 5) is 24.3. The first-order valence-electron chi connectivity index (χ1n) is 7.08. The second-order valence-electron chi connectivity index (χ2n) is 5.08. The number of benzene rings is 1. The number of hydrogen-bond acceptors (Lipinski definition) is 3. The molecule has 0 aromatic heterocycles. The minimum atomic E-state index is -4.77. The summed E-state index contributed by atoms with van der Waals surface area (Å²) >= 11 is 0. The Balaban J connectivity index is 2.87. The van der Waals surface area contributed by atoms with Gasteiger partial charge in [-0.3, -0.25) is 4.79 Å². The molecule has 0 aliphatic heterocycles. The van der Waals surface area contributed by atoms with Gasteiger partial charge in [0.1, 0.15) is 0 Å². The Labute approximate surface area is 139 Å². The molecule has 0 N–H and O–H groups in total. The average molecular weight is 371 g/mol. The minimum Gasteiger partial charge on any atom is -0.449 e. The SMILES string of the molecule is CCN(C(=O)C(=O)OCC(F)(F)F)C(C)c1ccc(C(F)(F)F)cc1. The van der Waals surface area contributed by atoms with Gasteiger partial charge in [0.05, 0.1) is 11.6 Å². The van der Waals surface area contributed by atoms with Crippen LogP contribution in [0.4, 0.5) is 26.3 Å². The van der Waals surface area contributed by atoms with Gasteiger partial charge in [-0.05, 0) is 31.5 Å². The number of likely N-dealkylation sites (N-methyl/N-ethyl adjacent to an activating group) is 1. The van der Waals surface area contributed by atoms with E-state index in [9.17, 15) is 35.9 Å². The zero-order valence-corrected chi connectivity index (χ0v) is 13.2. The maximum absolute atomic E-state index is 12.5. The van der Waals surface area contributed by atoms with Crippen LogP contribution in [0, 0.1) is 0 Å². The van der Waals surface area contributed by atoms with Gasteiger partial charge in [-0.2, -0.15) is 26.3 Å². The molecule has 1 amide bonds. The number of amides is 1. The van der Waals surface area contributed by atoms with Crippen LogP contribution in [0.15, 0.2) is 24.3 Å². The van der Waals surface area contributed by atoms with Crippen LogP contribution in [-0.2, 0) is 20.5 Å². The van der Waals surface area contributed by atoms with Gasteiger partial charge in [0.15, 0.2) is 6.61 Å². The lowest BCUT2D eigenvalue weighted by Crippen LogP contribution is -2.40. The van der Waals surface area contributed by atoms with Crippen molar-refractivity contribution in [1.29, 1.82) is 0 Å². The van der Waals surface area contributed by atoms with Crippen molar-refractivity contribution in [3.8, 4) is 0 Å². The van der Waals surface area contributed by atoms with Gasteiger partial charge in [0.2, 0.25) is 0 Å². The van der Waals surface area contributed by atoms with Crippen molar-refractivity contribution in [2.24, 2.45) is 0 Å². The lowest BCUT2D eigenvalue weighted by Gasteiger charge is -2.27. The maximum Gasteiger partial charge on any atom is 0.422 e. The van der Waals surface area contributed by atoms with Crippen molar-refractivity contribution < 1.29 is 40.7 Å². The third-order valence-electron chi connectivity index (χ3n) is 3.33. The predicted octanol–water partition coefficient (Wildman–Crippen LogP) is 3.72. The molecule has 0 saturated carbocycles. The Morgan fingerprint density at radius 3 is 2.00 bits per heavy atom. The summed E-state index contributed by atoms with van der Waals surface area (Å²) in [5, 5.41) is 0. The number of esters is 1. The van der Waals surface area contributed by atoms with E-state index in [-0.39, 0.29) is 12.1 Å². The summed E-state index contributed by atoms with van der Waals surface area (Å²) in [6.07, 6.45) is -9.30. The van der Waals surface area contributed by atoms with E-state index < -0.39 is 42.4 Å². The Morgan fingerprint density at radius 2 is 1.60 bits per heavy atom. The highest BCUT2D eigenvalue weighted by atomic mass is 19.4. The van der Waals surface area contributed by atoms with E-state index >= 15 is 0 Å². The molecule has 1 aromatic carbocycles. The summed E-state index contributed by atoms with van der Waals surface area (Å²) in [6, 6.07) is 3.05. The molecule has 0 heterocycles. The van der Waals surface area contributed by atoms with Crippen molar-refractivity contribution >= 4 is 11.9 Å². The Kier molecular flexibility index (Phi) is 6.44. The molecule has 1 unspecified atom stereocenters. The van der Waals surface area contributed by atoms with Gasteiger partial charge in [-0.1, -0.05) is 12.1 Å². The van der Waals surface area contributed by atoms with Crippen LogP contribution in [0.5, 0.6) is 0 Å². The Hall–Kier alpha value is -2.26. The first kappa shape index (κ1) is 20.8. The highest BCUT2D eigenvalue weighted by Gasteiger charge is 2.34. The van der Waals surface area contributed by atoms with Crippen molar-refractivity contribution in [1.82, 2.24) is 4.90 Å². The van der Waals surface area contributed by atoms with Gasteiger partial charge < -0.3 is 9.64 Å². The van der Waals surface area contributed by atoms with Crippen LogP contribution < -0.4 is 0 Å². The standard InChI is InChI=1S/C15H15F6NO3/c1-3-22(12(23)13(24)25-8-14(16,17)18)9(2)10-4-6-11(7-5-10)15(19,20)21/h4-7,9H,3,8H2,1-2H3. The summed E-state index contributed by atoms with van der Waals surface area (Å²) in [7, 11) is 0. The minimum absolute atomic E-state index is 0.0534. The van der Waals surface area contributed by atoms with E-state index in [1.54, 1.807) is 0 Å². The number of carbonyl (C=O) groups is 2. The summed E-state index contributed by atoms with van der Waals surface area (Å²) in [5.74, 6) is -2.99. The van der Waals surface area contributed by atoms with Gasteiger partial charge in [0.25, 0.3) is 0 Å². The number of alkyl halides is 6. The van der Waals surface area contributed by atoms with E-state index in [1.165, 1.54) is 13.8 Å². The molecule has 0 aliphatic rings. The molecule has 10 heteroatoms. The van der Waals surface area contributed by atoms with Gasteiger partial charge in [-0.25, -0.2) is 4.79 Å². The highest BCUT2D eigenvalue weighted by Crippen LogP contribution is 2.30. The molecule has 0 saturated heterocycles. The molecule has 0 fully saturated rings. The second kappa shape index (κ2) is 7.75. The van der Waals surface area contributed by atoms with Crippen LogP contribution in [0.25, 0.3) is 0 Å². The van der Waals surface area contributed by atoms with Crippen LogP contribution in [0.2, 0.25) is 0 Å². The molecule has 1 aromatic rings. The van der Waals surface area contributed by atoms with Crippen molar-refractivity contribution in [2.75, 3.05) is 13.2 Å². The number of hydrogen-bond donors (Lipinski definition) is 0. The van der Waals surface area contributed by atoms with Crippen LogP contribution in [-0.4, -0.2) is 36.1 Å². The van der Waals surface area contributed by atoms with Crippen LogP contribution in [0.1, 0.15) is 31.0 Å². The molecule has 25 heavy (non-hydrogen) atoms. The first-order chi connectivity index (χ1) is 11.4. The summed E-state index contributed by atoms with van der Waals surface area (Å²) in [6.45, 7) is 0.947. The molecule has 140 valence electrons. The Bertz CT molecular complexity index is 609. The van der Waals surface area contributed by atoms with Crippen molar-refractivity contribution in [2.45, 2.75) is 32.2 Å². The molecular formula is C15H15F6NO3. The number of ether oxygens (including phenoxy) is 1. The third-order valence-corrected chi connectivity index (χ3v) is 3.33. The highest BCUT2D eigenvalue weighted by molar-refractivity contribution is 6.32. The summed E-state index contributed by atoms with van der Waals surface area (Å²) < 4.78 is 77.6. The van der Waals surface area contributed by atoms with Gasteiger partial charge >= 0.3 is 24.2 Å². The zero-order chi connectivity index (χ0) is 19.4. The van der Waals surface area contributed by atoms with Gasteiger partial charge in [-0.15, -0.1) is 0 Å². The smallest absolute Gasteiger partial charge is 0.422 e. The van der Waals surface area contributed by atoms with Crippen molar-refractivity contribution in [3.63, 3.8) is 0 Å². The van der Waals surface area contributed by atoms with E-state index in [1.807, 2.05) is 0 Å². The molecule has 0 spiro atoms. The number of rotatable bonds is 4. The number of halogens is 6. The average Bonchev–Trinajstić information content (AvgIpc) is 2.51. The third kappa shape index (κ3) is 5.95. The molecule has 0 bridgehead atoms. The number of nitrogens with zero attached hydrogens (tertiary/aromatic N) is 1. The molecule has 0 aliphatic carbocycles. The van der Waals surface area contributed by atoms with E-state index in [2.05, 4.69) is 4.74 Å². The zero-order valence-electron chi connectivity index (χ0n) is 13.2. The predicted molar refractivity (Wildman–Crippen MR) is 74.3 cm³/mol. The second-order valence-corrected chi connectivity index (χ2v) is 5.08. The molecule has 0 radical (unpaired) electrons. The van der Waals surface area contributed by atoms with Gasteiger partial charge in [0, 0.05) is 6.54 Å². The van der Waals surface area contributed by atoms with Crippen LogP contribution in [0.3, 0.4) is 0 Å². The lowest BCUT2D eigenvalue weighted by atomic mass is 10.0. The molecular weight excluding hydrogens is 356 g/mol. The Morgan fingerprint density at radius 1 is 1.08 bits per heavy atom. The molecule has 1 rings (SSSR count). The van der Waals surface area contributed by atoms with Crippen LogP contribution >= 0.6 is 0 Å². The fourth-order valence-corrected chi connectivity index (χ4v) is 2.05. The largest absolute Gasteiger partial charge is 0.449 e. The molecule has 4 nitrogen and oxygen atoms in total. The fraction of sp³-hybridized carbons (Fsp3) is 0.467. The van der Waals surface area contributed by atoms with E-state index in [0.717, 1.165) is 29.2 Å². The van der Waals surface area contributed by atoms with E-state index in [4.69, 9.17) is 0 Å². The molecule has 1 atom stereocenters. The fourth-order valence-electron chi connectivity index (χ4n) is 2.05. The maximum atomic E-state index is 12.5.